The molecule has 7 heteroatoms. The lowest BCUT2D eigenvalue weighted by atomic mass is 10.0. The van der Waals surface area contributed by atoms with Crippen LogP contribution < -0.4 is 10.6 Å². The Kier molecular flexibility index (Phi) is 11.5. The molecule has 6 nitrogen and oxygen atoms in total. The standard InChI is InChI=1S/C23H36N4O2S/c1-7-23(6,8-2)30-22-25-15-18(16-26-22)13-11-10-12-14-19(28)27-20(17(4)5)21(29)24-9-3/h15-17,20H,7-10,12,14H2,1-6H3,(H,24,29)(H,27,28)/t20-/m0/s1. The van der Waals surface area contributed by atoms with Crippen molar-refractivity contribution >= 4 is 23.6 Å². The van der Waals surface area contributed by atoms with Crippen molar-refractivity contribution in [2.45, 2.75) is 89.6 Å². The highest BCUT2D eigenvalue weighted by Crippen LogP contribution is 2.35. The molecule has 0 aliphatic carbocycles. The maximum absolute atomic E-state index is 12.1. The predicted molar refractivity (Wildman–Crippen MR) is 123 cm³/mol. The minimum atomic E-state index is -0.501. The van der Waals surface area contributed by atoms with Crippen LogP contribution in [-0.2, 0) is 9.59 Å². The van der Waals surface area contributed by atoms with Crippen LogP contribution in [0.1, 0.15) is 79.2 Å². The number of nitrogens with zero attached hydrogens (tertiary/aromatic N) is 2. The van der Waals surface area contributed by atoms with Crippen molar-refractivity contribution in [3.05, 3.63) is 18.0 Å². The fraction of sp³-hybridized carbons (Fsp3) is 0.652. The smallest absolute Gasteiger partial charge is 0.242 e. The topological polar surface area (TPSA) is 84.0 Å². The van der Waals surface area contributed by atoms with Gasteiger partial charge >= 0.3 is 0 Å². The van der Waals surface area contributed by atoms with E-state index in [0.717, 1.165) is 23.6 Å². The summed E-state index contributed by atoms with van der Waals surface area (Å²) >= 11 is 1.70. The quantitative estimate of drug-likeness (QED) is 0.239. The van der Waals surface area contributed by atoms with E-state index in [1.165, 1.54) is 0 Å². The number of amides is 2. The van der Waals surface area contributed by atoms with Gasteiger partial charge in [0.2, 0.25) is 11.8 Å². The van der Waals surface area contributed by atoms with Crippen molar-refractivity contribution in [2.24, 2.45) is 5.92 Å². The first-order valence-electron chi connectivity index (χ1n) is 10.8. The Hall–Kier alpha value is -2.07. The molecule has 1 rings (SSSR count). The highest BCUT2D eigenvalue weighted by molar-refractivity contribution is 8.00. The normalized spacial score (nSPS) is 12.1. The zero-order valence-corrected chi connectivity index (χ0v) is 20.0. The van der Waals surface area contributed by atoms with E-state index in [0.29, 0.717) is 25.8 Å². The number of likely N-dealkylation sites (N-methyl/N-ethyl adjacent to an activating group) is 1. The lowest BCUT2D eigenvalue weighted by Gasteiger charge is -2.24. The average Bonchev–Trinajstić information content (AvgIpc) is 2.72. The van der Waals surface area contributed by atoms with Crippen molar-refractivity contribution in [2.75, 3.05) is 6.54 Å². The third-order valence-corrected chi connectivity index (χ3v) is 6.48. The van der Waals surface area contributed by atoms with Crippen molar-refractivity contribution in [3.8, 4) is 11.8 Å². The fourth-order valence-corrected chi connectivity index (χ4v) is 3.56. The van der Waals surface area contributed by atoms with E-state index in [-0.39, 0.29) is 22.5 Å². The summed E-state index contributed by atoms with van der Waals surface area (Å²) in [5.41, 5.74) is 0.773. The predicted octanol–water partition coefficient (Wildman–Crippen LogP) is 3.95. The number of carbonyl (C=O) groups is 2. The molecule has 2 N–H and O–H groups in total. The van der Waals surface area contributed by atoms with Crippen LogP contribution in [0.4, 0.5) is 0 Å². The van der Waals surface area contributed by atoms with Crippen LogP contribution in [0.3, 0.4) is 0 Å². The minimum absolute atomic E-state index is 0.0361. The first kappa shape index (κ1) is 26.0. The van der Waals surface area contributed by atoms with Crippen molar-refractivity contribution in [3.63, 3.8) is 0 Å². The molecule has 0 aliphatic rings. The molecule has 1 aromatic rings. The summed E-state index contributed by atoms with van der Waals surface area (Å²) in [6.07, 6.45) is 7.21. The molecule has 0 saturated carbocycles. The number of rotatable bonds is 11. The van der Waals surface area contributed by atoms with E-state index in [4.69, 9.17) is 0 Å². The molecule has 0 bridgehead atoms. The molecule has 0 saturated heterocycles. The van der Waals surface area contributed by atoms with Gasteiger partial charge in [-0.2, -0.15) is 0 Å². The van der Waals surface area contributed by atoms with E-state index in [1.54, 1.807) is 24.2 Å². The molecule has 0 spiro atoms. The Morgan fingerprint density at radius 1 is 1.17 bits per heavy atom. The van der Waals surface area contributed by atoms with E-state index < -0.39 is 6.04 Å². The van der Waals surface area contributed by atoms with Crippen LogP contribution in [0, 0.1) is 17.8 Å². The Labute approximate surface area is 185 Å². The molecule has 1 aromatic heterocycles. The van der Waals surface area contributed by atoms with E-state index >= 15 is 0 Å². The summed E-state index contributed by atoms with van der Waals surface area (Å²) in [6.45, 7) is 12.8. The van der Waals surface area contributed by atoms with Crippen LogP contribution >= 0.6 is 11.8 Å². The van der Waals surface area contributed by atoms with E-state index in [9.17, 15) is 9.59 Å². The van der Waals surface area contributed by atoms with Gasteiger partial charge in [-0.05, 0) is 39.0 Å². The molecule has 166 valence electrons. The summed E-state index contributed by atoms with van der Waals surface area (Å²) in [7, 11) is 0. The zero-order valence-electron chi connectivity index (χ0n) is 19.2. The van der Waals surface area contributed by atoms with Gasteiger partial charge in [-0.1, -0.05) is 51.3 Å². The summed E-state index contributed by atoms with van der Waals surface area (Å²) in [5, 5.41) is 6.36. The van der Waals surface area contributed by atoms with Crippen molar-refractivity contribution in [1.29, 1.82) is 0 Å². The third-order valence-electron chi connectivity index (χ3n) is 5.02. The Morgan fingerprint density at radius 2 is 1.80 bits per heavy atom. The largest absolute Gasteiger partial charge is 0.355 e. The highest BCUT2D eigenvalue weighted by Gasteiger charge is 2.23. The maximum atomic E-state index is 12.1. The summed E-state index contributed by atoms with van der Waals surface area (Å²) < 4.78 is 0.152. The van der Waals surface area contributed by atoms with Gasteiger partial charge in [0, 0.05) is 36.5 Å². The van der Waals surface area contributed by atoms with Gasteiger partial charge in [0.15, 0.2) is 5.16 Å². The van der Waals surface area contributed by atoms with E-state index in [2.05, 4.69) is 53.2 Å². The van der Waals surface area contributed by atoms with Gasteiger partial charge in [-0.3, -0.25) is 9.59 Å². The van der Waals surface area contributed by atoms with Gasteiger partial charge in [0.25, 0.3) is 0 Å². The molecule has 0 radical (unpaired) electrons. The second kappa shape index (κ2) is 13.3. The molecule has 0 aliphatic heterocycles. The third kappa shape index (κ3) is 9.17. The van der Waals surface area contributed by atoms with Crippen LogP contribution in [-0.4, -0.2) is 39.1 Å². The molecule has 30 heavy (non-hydrogen) atoms. The second-order valence-electron chi connectivity index (χ2n) is 7.85. The number of carbonyl (C=O) groups excluding carboxylic acids is 2. The van der Waals surface area contributed by atoms with Crippen LogP contribution in [0.5, 0.6) is 0 Å². The summed E-state index contributed by atoms with van der Waals surface area (Å²) in [4.78, 5) is 33.0. The van der Waals surface area contributed by atoms with Gasteiger partial charge < -0.3 is 10.6 Å². The van der Waals surface area contributed by atoms with Crippen LogP contribution in [0.25, 0.3) is 0 Å². The monoisotopic (exact) mass is 432 g/mol. The molecule has 0 aromatic carbocycles. The van der Waals surface area contributed by atoms with Crippen LogP contribution in [0.2, 0.25) is 0 Å². The first-order chi connectivity index (χ1) is 14.2. The number of unbranched alkanes of at least 4 members (excludes halogenated alkanes) is 1. The lowest BCUT2D eigenvalue weighted by Crippen LogP contribution is -2.49. The number of aromatic nitrogens is 2. The number of hydrogen-bond donors (Lipinski definition) is 2. The summed E-state index contributed by atoms with van der Waals surface area (Å²) in [5.74, 6) is 5.89. The lowest BCUT2D eigenvalue weighted by molar-refractivity contribution is -0.130. The molecule has 2 amide bonds. The second-order valence-corrected chi connectivity index (χ2v) is 9.41. The van der Waals surface area contributed by atoms with Gasteiger partial charge in [0.05, 0.1) is 5.56 Å². The fourth-order valence-electron chi connectivity index (χ4n) is 2.61. The van der Waals surface area contributed by atoms with Crippen LogP contribution in [0.15, 0.2) is 17.6 Å². The van der Waals surface area contributed by atoms with Gasteiger partial charge in [-0.25, -0.2) is 9.97 Å². The van der Waals surface area contributed by atoms with Crippen molar-refractivity contribution < 1.29 is 9.59 Å². The zero-order chi connectivity index (χ0) is 22.6. The van der Waals surface area contributed by atoms with Gasteiger partial charge in [-0.15, -0.1) is 0 Å². The number of hydrogen-bond acceptors (Lipinski definition) is 5. The Bertz CT molecular complexity index is 734. The first-order valence-corrected chi connectivity index (χ1v) is 11.6. The van der Waals surface area contributed by atoms with Gasteiger partial charge in [0.1, 0.15) is 6.04 Å². The molecule has 1 heterocycles. The number of thioether (sulfide) groups is 1. The SMILES string of the molecule is CCNC(=O)[C@@H](NC(=O)CCCC#Cc1cnc(SC(C)(CC)CC)nc1)C(C)C. The van der Waals surface area contributed by atoms with E-state index in [1.807, 2.05) is 20.8 Å². The maximum Gasteiger partial charge on any atom is 0.242 e. The molecular weight excluding hydrogens is 396 g/mol. The minimum Gasteiger partial charge on any atom is -0.355 e. The number of nitrogens with one attached hydrogen (secondary N) is 2. The molecular formula is C23H36N4O2S. The molecule has 1 atom stereocenters. The average molecular weight is 433 g/mol. The van der Waals surface area contributed by atoms with Crippen molar-refractivity contribution in [1.82, 2.24) is 20.6 Å². The molecule has 0 unspecified atom stereocenters. The Balaban J connectivity index is 2.46. The molecule has 0 fully saturated rings. The Morgan fingerprint density at radius 3 is 2.33 bits per heavy atom. The summed E-state index contributed by atoms with van der Waals surface area (Å²) in [6, 6.07) is -0.501. The highest BCUT2D eigenvalue weighted by atomic mass is 32.2.